The van der Waals surface area contributed by atoms with Crippen LogP contribution in [0.1, 0.15) is 5.01 Å². The third-order valence-electron chi connectivity index (χ3n) is 0.971. The van der Waals surface area contributed by atoms with Crippen molar-refractivity contribution < 1.29 is 9.53 Å². The van der Waals surface area contributed by atoms with Gasteiger partial charge in [0.2, 0.25) is 6.29 Å². The predicted molar refractivity (Wildman–Crippen MR) is 47.0 cm³/mol. The van der Waals surface area contributed by atoms with Crippen LogP contribution in [0, 0.1) is 0 Å². The summed E-state index contributed by atoms with van der Waals surface area (Å²) in [7, 11) is 1.60. The van der Waals surface area contributed by atoms with Gasteiger partial charge in [0.15, 0.2) is 4.34 Å². The smallest absolute Gasteiger partial charge is 0.209 e. The topological polar surface area (TPSA) is 52.1 Å². The molecule has 1 aromatic rings. The third kappa shape index (κ3) is 2.88. The lowest BCUT2D eigenvalue weighted by Crippen LogP contribution is -1.84. The number of methoxy groups -OCH3 is 1. The molecule has 0 aliphatic rings. The third-order valence-corrected chi connectivity index (χ3v) is 2.86. The number of hydrogen-bond donors (Lipinski definition) is 0. The van der Waals surface area contributed by atoms with E-state index in [4.69, 9.17) is 4.74 Å². The maximum atomic E-state index is 9.90. The second-order valence-corrected chi connectivity index (χ2v) is 4.11. The fraction of sp³-hybridized carbons (Fsp3) is 0.500. The second kappa shape index (κ2) is 5.23. The quantitative estimate of drug-likeness (QED) is 0.665. The highest BCUT2D eigenvalue weighted by Crippen LogP contribution is 2.21. The van der Waals surface area contributed by atoms with Crippen LogP contribution in [0.25, 0.3) is 0 Å². The van der Waals surface area contributed by atoms with Crippen LogP contribution in [0.2, 0.25) is 0 Å². The zero-order valence-electron chi connectivity index (χ0n) is 6.44. The highest BCUT2D eigenvalue weighted by Gasteiger charge is 2.03. The molecule has 6 heteroatoms. The van der Waals surface area contributed by atoms with E-state index in [0.717, 1.165) is 9.35 Å². The summed E-state index contributed by atoms with van der Waals surface area (Å²) in [6, 6.07) is 0. The van der Waals surface area contributed by atoms with Crippen molar-refractivity contribution >= 4 is 29.4 Å². The molecule has 0 bridgehead atoms. The van der Waals surface area contributed by atoms with E-state index in [-0.39, 0.29) is 0 Å². The Balaban J connectivity index is 2.46. The van der Waals surface area contributed by atoms with E-state index in [1.54, 1.807) is 13.4 Å². The molecule has 0 saturated heterocycles. The molecule has 1 heterocycles. The molecule has 0 atom stereocenters. The molecule has 0 fully saturated rings. The van der Waals surface area contributed by atoms with Gasteiger partial charge in [-0.1, -0.05) is 23.1 Å². The first-order valence-corrected chi connectivity index (χ1v) is 4.96. The number of nitrogens with zero attached hydrogens (tertiary/aromatic N) is 2. The summed E-state index contributed by atoms with van der Waals surface area (Å²) in [6.45, 7) is 0.475. The van der Waals surface area contributed by atoms with Crippen molar-refractivity contribution in [1.29, 1.82) is 0 Å². The van der Waals surface area contributed by atoms with Crippen molar-refractivity contribution in [2.75, 3.05) is 12.9 Å². The van der Waals surface area contributed by atoms with E-state index in [2.05, 4.69) is 10.2 Å². The van der Waals surface area contributed by atoms with Gasteiger partial charge in [-0.15, -0.1) is 10.2 Å². The molecule has 12 heavy (non-hydrogen) atoms. The molecule has 1 aromatic heterocycles. The Morgan fingerprint density at radius 1 is 1.67 bits per heavy atom. The van der Waals surface area contributed by atoms with Crippen LogP contribution >= 0.6 is 23.1 Å². The van der Waals surface area contributed by atoms with Gasteiger partial charge in [-0.3, -0.25) is 4.79 Å². The summed E-state index contributed by atoms with van der Waals surface area (Å²) in [6.07, 6.45) is 1.78. The van der Waals surface area contributed by atoms with E-state index in [1.807, 2.05) is 0 Å². The first kappa shape index (κ1) is 9.63. The molecule has 4 nitrogen and oxygen atoms in total. The van der Waals surface area contributed by atoms with Gasteiger partial charge < -0.3 is 4.74 Å². The van der Waals surface area contributed by atoms with E-state index < -0.39 is 0 Å². The average Bonchev–Trinajstić information content (AvgIpc) is 2.50. The van der Waals surface area contributed by atoms with Crippen LogP contribution in [0.4, 0.5) is 0 Å². The van der Waals surface area contributed by atoms with Crippen molar-refractivity contribution in [3.63, 3.8) is 0 Å². The molecule has 0 aliphatic carbocycles. The monoisotopic (exact) mass is 203 g/mol. The maximum absolute atomic E-state index is 9.90. The predicted octanol–water partition coefficient (Wildman–Crippen LogP) is 0.886. The molecule has 0 spiro atoms. The van der Waals surface area contributed by atoms with Crippen LogP contribution in [0.5, 0.6) is 0 Å². The standard InChI is InChI=1S/C6H7N2O2S2/c1-10-4-5-7-8-6(12-5)11-3-2-9/h3-4H2,1H3. The number of carbonyl (C=O) groups excluding carboxylic acids is 1. The minimum absolute atomic E-state index is 0.307. The summed E-state index contributed by atoms with van der Waals surface area (Å²) in [4.78, 5) is 9.90. The fourth-order valence-corrected chi connectivity index (χ4v) is 2.09. The van der Waals surface area contributed by atoms with Gasteiger partial charge in [-0.2, -0.15) is 0 Å². The Kier molecular flexibility index (Phi) is 4.20. The number of hydrogen-bond acceptors (Lipinski definition) is 6. The van der Waals surface area contributed by atoms with E-state index >= 15 is 0 Å². The highest BCUT2D eigenvalue weighted by atomic mass is 32.2. The molecule has 0 amide bonds. The maximum Gasteiger partial charge on any atom is 0.209 e. The fourth-order valence-electron chi connectivity index (χ4n) is 0.570. The van der Waals surface area contributed by atoms with Crippen LogP contribution in [0.3, 0.4) is 0 Å². The van der Waals surface area contributed by atoms with Crippen molar-refractivity contribution in [3.05, 3.63) is 5.01 Å². The molecule has 0 unspecified atom stereocenters. The molecule has 1 radical (unpaired) electrons. The van der Waals surface area contributed by atoms with Gasteiger partial charge in [0.05, 0.1) is 12.4 Å². The summed E-state index contributed by atoms with van der Waals surface area (Å²) >= 11 is 2.77. The summed E-state index contributed by atoms with van der Waals surface area (Å²) in [5.74, 6) is 0.307. The SMILES string of the molecule is COCc1nnc(SC[C]=O)s1. The van der Waals surface area contributed by atoms with Gasteiger partial charge >= 0.3 is 0 Å². The first-order valence-electron chi connectivity index (χ1n) is 3.16. The lowest BCUT2D eigenvalue weighted by molar-refractivity contribution is 0.184. The first-order chi connectivity index (χ1) is 5.86. The zero-order chi connectivity index (χ0) is 8.81. The van der Waals surface area contributed by atoms with Gasteiger partial charge in [-0.05, 0) is 0 Å². The summed E-state index contributed by atoms with van der Waals surface area (Å²) in [5, 5.41) is 8.52. The molecule has 0 N–H and O–H groups in total. The van der Waals surface area contributed by atoms with Crippen LogP contribution in [-0.2, 0) is 16.1 Å². The number of aromatic nitrogens is 2. The van der Waals surface area contributed by atoms with Gasteiger partial charge in [0.1, 0.15) is 5.01 Å². The van der Waals surface area contributed by atoms with E-state index in [1.165, 1.54) is 23.1 Å². The largest absolute Gasteiger partial charge is 0.377 e. The highest BCUT2D eigenvalue weighted by molar-refractivity contribution is 8.01. The lowest BCUT2D eigenvalue weighted by atomic mass is 10.8. The van der Waals surface area contributed by atoms with Crippen LogP contribution < -0.4 is 0 Å². The number of rotatable bonds is 5. The molecule has 65 valence electrons. The Morgan fingerprint density at radius 2 is 2.50 bits per heavy atom. The molecule has 0 aromatic carbocycles. The second-order valence-electron chi connectivity index (χ2n) is 1.83. The zero-order valence-corrected chi connectivity index (χ0v) is 8.07. The Labute approximate surface area is 78.3 Å². The minimum Gasteiger partial charge on any atom is -0.377 e. The lowest BCUT2D eigenvalue weighted by Gasteiger charge is -1.87. The summed E-state index contributed by atoms with van der Waals surface area (Å²) < 4.78 is 5.65. The molecular formula is C6H7N2O2S2. The Morgan fingerprint density at radius 3 is 3.17 bits per heavy atom. The van der Waals surface area contributed by atoms with Crippen LogP contribution in [-0.4, -0.2) is 29.3 Å². The van der Waals surface area contributed by atoms with Gasteiger partial charge in [0, 0.05) is 7.11 Å². The van der Waals surface area contributed by atoms with Crippen molar-refractivity contribution in [1.82, 2.24) is 10.2 Å². The summed E-state index contributed by atoms with van der Waals surface area (Å²) in [5.41, 5.74) is 0. The van der Waals surface area contributed by atoms with E-state index in [0.29, 0.717) is 12.4 Å². The molecule has 0 aliphatic heterocycles. The number of ether oxygens (including phenoxy) is 1. The van der Waals surface area contributed by atoms with Gasteiger partial charge in [0.25, 0.3) is 0 Å². The van der Waals surface area contributed by atoms with Gasteiger partial charge in [-0.25, -0.2) is 0 Å². The molecule has 1 rings (SSSR count). The van der Waals surface area contributed by atoms with Crippen molar-refractivity contribution in [2.24, 2.45) is 0 Å². The average molecular weight is 203 g/mol. The van der Waals surface area contributed by atoms with Crippen molar-refractivity contribution in [2.45, 2.75) is 10.9 Å². The normalized spacial score (nSPS) is 10.1. The Bertz CT molecular complexity index is 251. The number of thioether (sulfide) groups is 1. The Hall–Kier alpha value is -0.460. The van der Waals surface area contributed by atoms with E-state index in [9.17, 15) is 4.79 Å². The van der Waals surface area contributed by atoms with Crippen LogP contribution in [0.15, 0.2) is 4.34 Å². The molecular weight excluding hydrogens is 196 g/mol. The van der Waals surface area contributed by atoms with Crippen molar-refractivity contribution in [3.8, 4) is 0 Å². The molecule has 0 saturated carbocycles. The minimum atomic E-state index is 0.307.